The van der Waals surface area contributed by atoms with Gasteiger partial charge >= 0.3 is 6.18 Å². The molecule has 2 aromatic rings. The quantitative estimate of drug-likeness (QED) is 0.894. The Hall–Kier alpha value is -2.09. The predicted molar refractivity (Wildman–Crippen MR) is 90.3 cm³/mol. The number of carbonyl (C=O) groups excluding carboxylic acids is 1. The molecule has 1 aliphatic rings. The van der Waals surface area contributed by atoms with E-state index in [4.69, 9.17) is 0 Å². The van der Waals surface area contributed by atoms with Crippen molar-refractivity contribution in [2.45, 2.75) is 25.6 Å². The fourth-order valence-corrected chi connectivity index (χ4v) is 3.63. The van der Waals surface area contributed by atoms with Crippen LogP contribution in [0.4, 0.5) is 19.0 Å². The lowest BCUT2D eigenvalue weighted by Gasteiger charge is -2.34. The first-order valence-electron chi connectivity index (χ1n) is 8.02. The van der Waals surface area contributed by atoms with E-state index in [1.807, 2.05) is 17.5 Å². The second kappa shape index (κ2) is 7.43. The molecule has 134 valence electrons. The molecular weight excluding hydrogens is 351 g/mol. The summed E-state index contributed by atoms with van der Waals surface area (Å²) in [5.41, 5.74) is -0.755. The van der Waals surface area contributed by atoms with Crippen LogP contribution in [0.3, 0.4) is 0 Å². The Labute approximate surface area is 147 Å². The van der Waals surface area contributed by atoms with Crippen LogP contribution in [0.5, 0.6) is 0 Å². The van der Waals surface area contributed by atoms with E-state index in [1.165, 1.54) is 12.3 Å². The largest absolute Gasteiger partial charge is 0.419 e. The van der Waals surface area contributed by atoms with Crippen molar-refractivity contribution in [1.82, 2.24) is 10.3 Å². The highest BCUT2D eigenvalue weighted by molar-refractivity contribution is 7.09. The molecule has 1 saturated heterocycles. The molecule has 0 radical (unpaired) electrons. The molecule has 3 rings (SSSR count). The van der Waals surface area contributed by atoms with Crippen LogP contribution in [0.15, 0.2) is 35.8 Å². The Balaban J connectivity index is 1.68. The first-order chi connectivity index (χ1) is 11.9. The topological polar surface area (TPSA) is 45.2 Å². The molecular formula is C17H18F3N3OS. The second-order valence-electron chi connectivity index (χ2n) is 5.95. The minimum Gasteiger partial charge on any atom is -0.355 e. The molecule has 0 saturated carbocycles. The van der Waals surface area contributed by atoms with Crippen molar-refractivity contribution in [3.05, 3.63) is 46.3 Å². The third-order valence-corrected chi connectivity index (χ3v) is 5.08. The van der Waals surface area contributed by atoms with Crippen LogP contribution >= 0.6 is 11.3 Å². The normalized spacial score (nSPS) is 18.2. The van der Waals surface area contributed by atoms with E-state index in [9.17, 15) is 18.0 Å². The van der Waals surface area contributed by atoms with E-state index < -0.39 is 11.7 Å². The number of hydrogen-bond donors (Lipinski definition) is 1. The van der Waals surface area contributed by atoms with Crippen LogP contribution in [-0.2, 0) is 17.5 Å². The summed E-state index contributed by atoms with van der Waals surface area (Å²) in [6.45, 7) is 1.16. The fourth-order valence-electron chi connectivity index (χ4n) is 2.99. The van der Waals surface area contributed by atoms with Gasteiger partial charge in [-0.05, 0) is 36.4 Å². The summed E-state index contributed by atoms with van der Waals surface area (Å²) < 4.78 is 39.6. The van der Waals surface area contributed by atoms with Gasteiger partial charge in [0.2, 0.25) is 5.91 Å². The zero-order valence-corrected chi connectivity index (χ0v) is 14.2. The average Bonchev–Trinajstić information content (AvgIpc) is 3.12. The summed E-state index contributed by atoms with van der Waals surface area (Å²) in [7, 11) is 0. The van der Waals surface area contributed by atoms with Crippen LogP contribution in [0.25, 0.3) is 0 Å². The van der Waals surface area contributed by atoms with E-state index in [1.54, 1.807) is 16.2 Å². The van der Waals surface area contributed by atoms with Crippen LogP contribution in [-0.4, -0.2) is 24.0 Å². The minimum absolute atomic E-state index is 0.0919. The monoisotopic (exact) mass is 369 g/mol. The number of aromatic nitrogens is 1. The summed E-state index contributed by atoms with van der Waals surface area (Å²) >= 11 is 1.55. The highest BCUT2D eigenvalue weighted by Crippen LogP contribution is 2.36. The van der Waals surface area contributed by atoms with Crippen LogP contribution in [0.1, 0.15) is 23.3 Å². The van der Waals surface area contributed by atoms with Gasteiger partial charge in [-0.3, -0.25) is 4.79 Å². The predicted octanol–water partition coefficient (Wildman–Crippen LogP) is 3.69. The Morgan fingerprint density at radius 1 is 1.36 bits per heavy atom. The summed E-state index contributed by atoms with van der Waals surface area (Å²) in [4.78, 5) is 18.9. The number of nitrogens with zero attached hydrogens (tertiary/aromatic N) is 2. The molecule has 2 aromatic heterocycles. The van der Waals surface area contributed by atoms with Crippen LogP contribution in [0.2, 0.25) is 0 Å². The maximum atomic E-state index is 13.2. The lowest BCUT2D eigenvalue weighted by atomic mass is 9.96. The number of piperidine rings is 1. The number of hydrogen-bond acceptors (Lipinski definition) is 4. The number of nitrogens with one attached hydrogen (secondary N) is 1. The fraction of sp³-hybridized carbons (Fsp3) is 0.412. The molecule has 0 spiro atoms. The summed E-state index contributed by atoms with van der Waals surface area (Å²) in [6, 6.07) is 6.15. The van der Waals surface area contributed by atoms with Gasteiger partial charge < -0.3 is 10.2 Å². The van der Waals surface area contributed by atoms with Crippen molar-refractivity contribution < 1.29 is 18.0 Å². The standard InChI is InChI=1S/C17H18F3N3OS/c18-17(19,20)14-6-1-7-21-15(14)23-8-2-4-12(11-23)16(24)22-10-13-5-3-9-25-13/h1,3,5-7,9,12H,2,4,8,10-11H2,(H,22,24). The van der Waals surface area contributed by atoms with Crippen molar-refractivity contribution in [2.24, 2.45) is 5.92 Å². The van der Waals surface area contributed by atoms with Gasteiger partial charge in [0, 0.05) is 24.2 Å². The Bertz CT molecular complexity index is 718. The van der Waals surface area contributed by atoms with Gasteiger partial charge in [0.25, 0.3) is 0 Å². The van der Waals surface area contributed by atoms with Crippen molar-refractivity contribution in [2.75, 3.05) is 18.0 Å². The lowest BCUT2D eigenvalue weighted by Crippen LogP contribution is -2.43. The van der Waals surface area contributed by atoms with Gasteiger partial charge in [0.15, 0.2) is 0 Å². The van der Waals surface area contributed by atoms with Crippen LogP contribution in [0, 0.1) is 5.92 Å². The zero-order valence-electron chi connectivity index (χ0n) is 13.4. The van der Waals surface area contributed by atoms with Crippen molar-refractivity contribution in [3.63, 3.8) is 0 Å². The highest BCUT2D eigenvalue weighted by Gasteiger charge is 2.37. The summed E-state index contributed by atoms with van der Waals surface area (Å²) in [6.07, 6.45) is -1.78. The molecule has 1 fully saturated rings. The molecule has 1 N–H and O–H groups in total. The molecule has 25 heavy (non-hydrogen) atoms. The van der Waals surface area contributed by atoms with E-state index in [2.05, 4.69) is 10.3 Å². The lowest BCUT2D eigenvalue weighted by molar-refractivity contribution is -0.137. The molecule has 4 nitrogen and oxygen atoms in total. The van der Waals surface area contributed by atoms with Crippen LogP contribution < -0.4 is 10.2 Å². The van der Waals surface area contributed by atoms with Gasteiger partial charge in [0.05, 0.1) is 18.0 Å². The van der Waals surface area contributed by atoms with E-state index in [0.29, 0.717) is 25.9 Å². The Morgan fingerprint density at radius 2 is 2.20 bits per heavy atom. The maximum absolute atomic E-state index is 13.2. The Morgan fingerprint density at radius 3 is 2.92 bits per heavy atom. The molecule has 1 amide bonds. The molecule has 1 unspecified atom stereocenters. The smallest absolute Gasteiger partial charge is 0.355 e. The molecule has 1 aliphatic heterocycles. The first kappa shape index (κ1) is 17.7. The SMILES string of the molecule is O=C(NCc1cccs1)C1CCCN(c2ncccc2C(F)(F)F)C1. The van der Waals surface area contributed by atoms with Gasteiger partial charge in [-0.2, -0.15) is 13.2 Å². The average molecular weight is 369 g/mol. The number of pyridine rings is 1. The first-order valence-corrected chi connectivity index (χ1v) is 8.90. The Kier molecular flexibility index (Phi) is 5.27. The minimum atomic E-state index is -4.46. The number of rotatable bonds is 4. The van der Waals surface area contributed by atoms with Gasteiger partial charge in [-0.25, -0.2) is 4.98 Å². The summed E-state index contributed by atoms with van der Waals surface area (Å²) in [5.74, 6) is -0.551. The van der Waals surface area contributed by atoms with E-state index in [0.717, 1.165) is 10.9 Å². The van der Waals surface area contributed by atoms with E-state index >= 15 is 0 Å². The van der Waals surface area contributed by atoms with Crippen molar-refractivity contribution >= 4 is 23.1 Å². The number of alkyl halides is 3. The molecule has 0 aromatic carbocycles. The van der Waals surface area contributed by atoms with Crippen molar-refractivity contribution in [1.29, 1.82) is 0 Å². The second-order valence-corrected chi connectivity index (χ2v) is 6.99. The number of amides is 1. The third-order valence-electron chi connectivity index (χ3n) is 4.20. The number of carbonyl (C=O) groups is 1. The number of halogens is 3. The van der Waals surface area contributed by atoms with Gasteiger partial charge in [-0.1, -0.05) is 6.07 Å². The zero-order chi connectivity index (χ0) is 17.9. The molecule has 8 heteroatoms. The number of thiophene rings is 1. The third kappa shape index (κ3) is 4.31. The maximum Gasteiger partial charge on any atom is 0.419 e. The van der Waals surface area contributed by atoms with Crippen molar-refractivity contribution in [3.8, 4) is 0 Å². The number of anilines is 1. The highest BCUT2D eigenvalue weighted by atomic mass is 32.1. The molecule has 0 bridgehead atoms. The summed E-state index contributed by atoms with van der Waals surface area (Å²) in [5, 5.41) is 4.81. The van der Waals surface area contributed by atoms with Gasteiger partial charge in [-0.15, -0.1) is 11.3 Å². The van der Waals surface area contributed by atoms with Gasteiger partial charge in [0.1, 0.15) is 5.82 Å². The molecule has 0 aliphatic carbocycles. The molecule has 3 heterocycles. The van der Waals surface area contributed by atoms with E-state index in [-0.39, 0.29) is 24.2 Å². The molecule has 1 atom stereocenters.